The molecule has 6 heteroatoms. The second-order valence-corrected chi connectivity index (χ2v) is 7.82. The lowest BCUT2D eigenvalue weighted by molar-refractivity contribution is -0.384. The molecule has 6 nitrogen and oxygen atoms in total. The van der Waals surface area contributed by atoms with Crippen LogP contribution >= 0.6 is 0 Å². The van der Waals surface area contributed by atoms with Crippen molar-refractivity contribution in [2.24, 2.45) is 0 Å². The van der Waals surface area contributed by atoms with Crippen LogP contribution in [0.2, 0.25) is 0 Å². The molecule has 0 fully saturated rings. The predicted octanol–water partition coefficient (Wildman–Crippen LogP) is 4.95. The zero-order valence-corrected chi connectivity index (χ0v) is 17.8. The van der Waals surface area contributed by atoms with Gasteiger partial charge in [0.2, 0.25) is 0 Å². The molecule has 31 heavy (non-hydrogen) atoms. The highest BCUT2D eigenvalue weighted by molar-refractivity contribution is 5.54. The fourth-order valence-corrected chi connectivity index (χ4v) is 4.19. The Balaban J connectivity index is 1.71. The van der Waals surface area contributed by atoms with Crippen molar-refractivity contribution in [1.29, 1.82) is 0 Å². The van der Waals surface area contributed by atoms with E-state index in [-0.39, 0.29) is 16.7 Å². The molecule has 0 radical (unpaired) electrons. The molecule has 1 aliphatic heterocycles. The molecule has 1 atom stereocenters. The molecule has 0 aliphatic carbocycles. The number of ether oxygens (including phenoxy) is 2. The van der Waals surface area contributed by atoms with Crippen LogP contribution in [-0.2, 0) is 19.4 Å². The Hall–Kier alpha value is -3.38. The van der Waals surface area contributed by atoms with Crippen LogP contribution in [0.25, 0.3) is 0 Å². The van der Waals surface area contributed by atoms with E-state index in [0.717, 1.165) is 35.4 Å². The molecule has 3 aromatic rings. The maximum Gasteiger partial charge on any atom is 0.269 e. The highest BCUT2D eigenvalue weighted by Gasteiger charge is 2.30. The first kappa shape index (κ1) is 20.9. The standard InChI is InChI=1S/C25H26N2O4/c1-26-14-13-20-11-12-23(30-2)25(31-17-18-7-4-3-5-8-18)24(20)22(26)16-19-9-6-10-21(15-19)27(28)29/h3-12,15,22H,13-14,16-17H2,1-2H3. The zero-order valence-electron chi connectivity index (χ0n) is 17.8. The van der Waals surface area contributed by atoms with E-state index in [0.29, 0.717) is 18.8 Å². The summed E-state index contributed by atoms with van der Waals surface area (Å²) in [6.07, 6.45) is 1.57. The lowest BCUT2D eigenvalue weighted by Crippen LogP contribution is -2.34. The monoisotopic (exact) mass is 418 g/mol. The third-order valence-corrected chi connectivity index (χ3v) is 5.85. The summed E-state index contributed by atoms with van der Waals surface area (Å²) in [7, 11) is 3.74. The van der Waals surface area contributed by atoms with E-state index in [1.807, 2.05) is 42.5 Å². The number of hydrogen-bond acceptors (Lipinski definition) is 5. The largest absolute Gasteiger partial charge is 0.493 e. The molecule has 4 rings (SSSR count). The van der Waals surface area contributed by atoms with E-state index in [4.69, 9.17) is 9.47 Å². The number of non-ortho nitro benzene ring substituents is 1. The summed E-state index contributed by atoms with van der Waals surface area (Å²) in [6, 6.07) is 21.0. The molecule has 0 amide bonds. The van der Waals surface area contributed by atoms with E-state index >= 15 is 0 Å². The summed E-state index contributed by atoms with van der Waals surface area (Å²) in [5.74, 6) is 1.46. The lowest BCUT2D eigenvalue weighted by atomic mass is 9.88. The first-order valence-electron chi connectivity index (χ1n) is 10.4. The number of fused-ring (bicyclic) bond motifs is 1. The van der Waals surface area contributed by atoms with E-state index in [9.17, 15) is 10.1 Å². The summed E-state index contributed by atoms with van der Waals surface area (Å²) in [5.41, 5.74) is 4.47. The van der Waals surface area contributed by atoms with Crippen LogP contribution in [-0.4, -0.2) is 30.5 Å². The number of hydrogen-bond donors (Lipinski definition) is 0. The lowest BCUT2D eigenvalue weighted by Gasteiger charge is -2.36. The molecule has 1 heterocycles. The van der Waals surface area contributed by atoms with Crippen molar-refractivity contribution in [3.05, 3.63) is 99.1 Å². The van der Waals surface area contributed by atoms with E-state index in [1.54, 1.807) is 19.2 Å². The van der Waals surface area contributed by atoms with Gasteiger partial charge in [0.1, 0.15) is 6.61 Å². The SMILES string of the molecule is COc1ccc2c(c1OCc1ccccc1)C(Cc1cccc([N+](=O)[O-])c1)N(C)CC2. The first-order valence-corrected chi connectivity index (χ1v) is 10.4. The van der Waals surface area contributed by atoms with Gasteiger partial charge in [-0.3, -0.25) is 15.0 Å². The molecular weight excluding hydrogens is 392 g/mol. The Labute approximate surface area is 182 Å². The summed E-state index contributed by atoms with van der Waals surface area (Å²) < 4.78 is 12.0. The van der Waals surface area contributed by atoms with Crippen molar-refractivity contribution in [2.75, 3.05) is 20.7 Å². The smallest absolute Gasteiger partial charge is 0.269 e. The number of nitrogens with zero attached hydrogens (tertiary/aromatic N) is 2. The van der Waals surface area contributed by atoms with Gasteiger partial charge in [0.05, 0.1) is 12.0 Å². The van der Waals surface area contributed by atoms with Gasteiger partial charge < -0.3 is 9.47 Å². The maximum atomic E-state index is 11.2. The number of nitro groups is 1. The summed E-state index contributed by atoms with van der Waals surface area (Å²) in [6.45, 7) is 1.36. The molecule has 0 saturated heterocycles. The number of benzene rings is 3. The van der Waals surface area contributed by atoms with Crippen molar-refractivity contribution in [2.45, 2.75) is 25.5 Å². The van der Waals surface area contributed by atoms with Gasteiger partial charge in [0, 0.05) is 30.3 Å². The topological polar surface area (TPSA) is 64.8 Å². The average Bonchev–Trinajstić information content (AvgIpc) is 2.80. The molecule has 160 valence electrons. The van der Waals surface area contributed by atoms with Crippen LogP contribution in [0.5, 0.6) is 11.5 Å². The van der Waals surface area contributed by atoms with Crippen molar-refractivity contribution >= 4 is 5.69 Å². The average molecular weight is 418 g/mol. The van der Waals surface area contributed by atoms with Gasteiger partial charge >= 0.3 is 0 Å². The fourth-order valence-electron chi connectivity index (χ4n) is 4.19. The van der Waals surface area contributed by atoms with E-state index in [1.165, 1.54) is 11.6 Å². The normalized spacial score (nSPS) is 15.9. The van der Waals surface area contributed by atoms with Crippen molar-refractivity contribution < 1.29 is 14.4 Å². The minimum Gasteiger partial charge on any atom is -0.493 e. The Morgan fingerprint density at radius 1 is 1.06 bits per heavy atom. The molecule has 0 saturated carbocycles. The molecule has 0 spiro atoms. The van der Waals surface area contributed by atoms with Gasteiger partial charge in [-0.25, -0.2) is 0 Å². The van der Waals surface area contributed by atoms with Gasteiger partial charge in [0.15, 0.2) is 11.5 Å². The second kappa shape index (κ2) is 9.18. The Kier molecular flexibility index (Phi) is 6.18. The molecule has 1 unspecified atom stereocenters. The van der Waals surface area contributed by atoms with Crippen LogP contribution < -0.4 is 9.47 Å². The third kappa shape index (κ3) is 4.54. The molecular formula is C25H26N2O4. The van der Waals surface area contributed by atoms with Gasteiger partial charge in [-0.2, -0.15) is 0 Å². The first-order chi connectivity index (χ1) is 15.1. The molecule has 3 aromatic carbocycles. The Bertz CT molecular complexity index is 1070. The molecule has 1 aliphatic rings. The van der Waals surface area contributed by atoms with Crippen LogP contribution in [0, 0.1) is 10.1 Å². The van der Waals surface area contributed by atoms with Crippen LogP contribution in [0.4, 0.5) is 5.69 Å². The number of rotatable bonds is 7. The molecule has 0 bridgehead atoms. The zero-order chi connectivity index (χ0) is 21.8. The van der Waals surface area contributed by atoms with Gasteiger partial charge in [0.25, 0.3) is 5.69 Å². The fraction of sp³-hybridized carbons (Fsp3) is 0.280. The van der Waals surface area contributed by atoms with Crippen LogP contribution in [0.1, 0.15) is 28.3 Å². The number of likely N-dealkylation sites (N-methyl/N-ethyl adjacent to an activating group) is 1. The van der Waals surface area contributed by atoms with Crippen molar-refractivity contribution in [3.63, 3.8) is 0 Å². The molecule has 0 N–H and O–H groups in total. The minimum atomic E-state index is -0.348. The molecule has 0 aromatic heterocycles. The Morgan fingerprint density at radius 2 is 1.84 bits per heavy atom. The third-order valence-electron chi connectivity index (χ3n) is 5.85. The highest BCUT2D eigenvalue weighted by atomic mass is 16.6. The predicted molar refractivity (Wildman–Crippen MR) is 120 cm³/mol. The van der Waals surface area contributed by atoms with E-state index in [2.05, 4.69) is 18.0 Å². The quantitative estimate of drug-likeness (QED) is 0.401. The highest BCUT2D eigenvalue weighted by Crippen LogP contribution is 2.43. The van der Waals surface area contributed by atoms with Crippen molar-refractivity contribution in [3.8, 4) is 11.5 Å². The minimum absolute atomic E-state index is 0.0339. The maximum absolute atomic E-state index is 11.2. The Morgan fingerprint density at radius 3 is 2.58 bits per heavy atom. The second-order valence-electron chi connectivity index (χ2n) is 7.82. The van der Waals surface area contributed by atoms with Crippen molar-refractivity contribution in [1.82, 2.24) is 4.90 Å². The van der Waals surface area contributed by atoms with Crippen LogP contribution in [0.3, 0.4) is 0 Å². The van der Waals surface area contributed by atoms with E-state index < -0.39 is 0 Å². The van der Waals surface area contributed by atoms with Gasteiger partial charge in [-0.05, 0) is 42.6 Å². The summed E-state index contributed by atoms with van der Waals surface area (Å²) in [5, 5.41) is 11.2. The number of methoxy groups -OCH3 is 1. The summed E-state index contributed by atoms with van der Waals surface area (Å²) >= 11 is 0. The summed E-state index contributed by atoms with van der Waals surface area (Å²) in [4.78, 5) is 13.2. The van der Waals surface area contributed by atoms with Crippen LogP contribution in [0.15, 0.2) is 66.7 Å². The number of nitro benzene ring substituents is 1. The van der Waals surface area contributed by atoms with Gasteiger partial charge in [-0.15, -0.1) is 0 Å². The van der Waals surface area contributed by atoms with Gasteiger partial charge in [-0.1, -0.05) is 48.5 Å².